The molecule has 9 heteroatoms. The topological polar surface area (TPSA) is 117 Å². The molecule has 2 aromatic rings. The van der Waals surface area contributed by atoms with Crippen molar-refractivity contribution in [2.24, 2.45) is 0 Å². The van der Waals surface area contributed by atoms with E-state index in [0.717, 1.165) is 16.7 Å². The maximum Gasteiger partial charge on any atom is 0.304 e. The van der Waals surface area contributed by atoms with Gasteiger partial charge in [0.15, 0.2) is 0 Å². The third kappa shape index (κ3) is 5.78. The van der Waals surface area contributed by atoms with Crippen molar-refractivity contribution < 1.29 is 27.8 Å². The van der Waals surface area contributed by atoms with E-state index in [1.807, 2.05) is 38.1 Å². The molecule has 2 aromatic carbocycles. The van der Waals surface area contributed by atoms with E-state index in [1.54, 1.807) is 12.1 Å². The Balaban J connectivity index is 1.71. The first-order chi connectivity index (χ1) is 15.2. The molecule has 3 rings (SSSR count). The summed E-state index contributed by atoms with van der Waals surface area (Å²) in [5.41, 5.74) is 3.05. The summed E-state index contributed by atoms with van der Waals surface area (Å²) in [5.74, 6) is -0.338. The van der Waals surface area contributed by atoms with Gasteiger partial charge in [-0.25, -0.2) is 8.42 Å². The van der Waals surface area contributed by atoms with Gasteiger partial charge in [0.2, 0.25) is 10.0 Å². The summed E-state index contributed by atoms with van der Waals surface area (Å²) in [6.07, 6.45) is 0.0238. The maximum atomic E-state index is 12.4. The van der Waals surface area contributed by atoms with Gasteiger partial charge in [0.05, 0.1) is 23.8 Å². The molecule has 0 saturated carbocycles. The second kappa shape index (κ2) is 10.0. The molecule has 170 valence electrons. The van der Waals surface area contributed by atoms with Crippen LogP contribution in [0.5, 0.6) is 11.5 Å². The van der Waals surface area contributed by atoms with Crippen LogP contribution in [-0.4, -0.2) is 42.2 Å². The molecule has 0 unspecified atom stereocenters. The molecule has 0 atom stereocenters. The van der Waals surface area contributed by atoms with Crippen molar-refractivity contribution in [3.8, 4) is 17.6 Å². The van der Waals surface area contributed by atoms with Crippen molar-refractivity contribution in [1.82, 2.24) is 4.31 Å². The van der Waals surface area contributed by atoms with Gasteiger partial charge >= 0.3 is 5.97 Å². The van der Waals surface area contributed by atoms with Crippen LogP contribution < -0.4 is 9.47 Å². The number of hydrogen-bond acceptors (Lipinski definition) is 6. The minimum atomic E-state index is -3.64. The van der Waals surface area contributed by atoms with Crippen LogP contribution in [0.1, 0.15) is 42.5 Å². The summed E-state index contributed by atoms with van der Waals surface area (Å²) in [4.78, 5) is 10.7. The van der Waals surface area contributed by atoms with Gasteiger partial charge in [-0.05, 0) is 55.2 Å². The summed E-state index contributed by atoms with van der Waals surface area (Å²) >= 11 is 0. The number of ether oxygens (including phenoxy) is 2. The molecule has 0 amide bonds. The van der Waals surface area contributed by atoms with Gasteiger partial charge in [0.25, 0.3) is 0 Å². The van der Waals surface area contributed by atoms with Gasteiger partial charge < -0.3 is 14.6 Å². The Morgan fingerprint density at radius 1 is 1.25 bits per heavy atom. The molecule has 0 aromatic heterocycles. The van der Waals surface area contributed by atoms with E-state index in [0.29, 0.717) is 23.5 Å². The molecule has 0 fully saturated rings. The number of nitrogens with zero attached hydrogens (tertiary/aromatic N) is 2. The number of sulfonamides is 1. The molecule has 0 spiro atoms. The molecule has 0 aliphatic carbocycles. The van der Waals surface area contributed by atoms with Crippen LogP contribution in [0.4, 0.5) is 0 Å². The summed E-state index contributed by atoms with van der Waals surface area (Å²) in [7, 11) is -3.64. The normalized spacial score (nSPS) is 13.9. The molecule has 8 nitrogen and oxygen atoms in total. The number of aliphatic carboxylic acids is 1. The van der Waals surface area contributed by atoms with Crippen molar-refractivity contribution in [2.45, 2.75) is 45.9 Å². The molecule has 1 aliphatic heterocycles. The van der Waals surface area contributed by atoms with Crippen molar-refractivity contribution in [2.75, 3.05) is 12.3 Å². The Hall–Kier alpha value is -3.09. The monoisotopic (exact) mass is 458 g/mol. The number of fused-ring (bicyclic) bond motifs is 1. The fourth-order valence-corrected chi connectivity index (χ4v) is 4.93. The molecule has 0 bridgehead atoms. The Morgan fingerprint density at radius 3 is 2.72 bits per heavy atom. The first-order valence-electron chi connectivity index (χ1n) is 10.3. The molecule has 1 N–H and O–H groups in total. The number of hydrogen-bond donors (Lipinski definition) is 1. The van der Waals surface area contributed by atoms with Gasteiger partial charge in [0, 0.05) is 13.1 Å². The minimum Gasteiger partial charge on any atom is -0.490 e. The van der Waals surface area contributed by atoms with Crippen LogP contribution in [0.15, 0.2) is 36.4 Å². The van der Waals surface area contributed by atoms with E-state index < -0.39 is 28.2 Å². The molecule has 0 radical (unpaired) electrons. The lowest BCUT2D eigenvalue weighted by atomic mass is 10.00. The Kier molecular flexibility index (Phi) is 7.38. The predicted molar refractivity (Wildman–Crippen MR) is 118 cm³/mol. The lowest BCUT2D eigenvalue weighted by Crippen LogP contribution is -2.38. The van der Waals surface area contributed by atoms with Crippen LogP contribution in [0.2, 0.25) is 0 Å². The quantitative estimate of drug-likeness (QED) is 0.614. The number of rotatable bonds is 9. The third-order valence-corrected chi connectivity index (χ3v) is 6.90. The third-order valence-electron chi connectivity index (χ3n) is 5.08. The van der Waals surface area contributed by atoms with Gasteiger partial charge in [-0.3, -0.25) is 4.79 Å². The summed E-state index contributed by atoms with van der Waals surface area (Å²) < 4.78 is 37.9. The molecule has 1 heterocycles. The predicted octanol–water partition coefficient (Wildman–Crippen LogP) is 3.09. The number of carboxylic acid groups (broad SMARTS) is 1. The first kappa shape index (κ1) is 23.6. The highest BCUT2D eigenvalue weighted by Crippen LogP contribution is 2.30. The van der Waals surface area contributed by atoms with E-state index in [4.69, 9.17) is 14.6 Å². The zero-order valence-corrected chi connectivity index (χ0v) is 18.9. The smallest absolute Gasteiger partial charge is 0.304 e. The molecular weight excluding hydrogens is 432 g/mol. The fraction of sp³-hybridized carbons (Fsp3) is 0.391. The zero-order chi connectivity index (χ0) is 23.3. The minimum absolute atomic E-state index is 0.0347. The Morgan fingerprint density at radius 2 is 2.03 bits per heavy atom. The molecule has 32 heavy (non-hydrogen) atoms. The zero-order valence-electron chi connectivity index (χ0n) is 18.1. The molecule has 0 saturated heterocycles. The van der Waals surface area contributed by atoms with Crippen molar-refractivity contribution in [1.29, 1.82) is 5.26 Å². The highest BCUT2D eigenvalue weighted by molar-refractivity contribution is 7.89. The number of nitriles is 1. The van der Waals surface area contributed by atoms with Crippen LogP contribution in [0, 0.1) is 11.3 Å². The summed E-state index contributed by atoms with van der Waals surface area (Å²) in [6.45, 7) is 4.52. The van der Waals surface area contributed by atoms with E-state index >= 15 is 0 Å². The maximum absolute atomic E-state index is 12.4. The van der Waals surface area contributed by atoms with Gasteiger partial charge in [-0.1, -0.05) is 18.2 Å². The van der Waals surface area contributed by atoms with Crippen LogP contribution in [0.25, 0.3) is 0 Å². The van der Waals surface area contributed by atoms with E-state index in [2.05, 4.69) is 6.07 Å². The Bertz CT molecular complexity index is 1140. The average molecular weight is 459 g/mol. The highest BCUT2D eigenvalue weighted by atomic mass is 32.2. The van der Waals surface area contributed by atoms with Crippen molar-refractivity contribution in [3.63, 3.8) is 0 Å². The summed E-state index contributed by atoms with van der Waals surface area (Å²) in [5, 5.41) is 18.2. The van der Waals surface area contributed by atoms with Gasteiger partial charge in [-0.15, -0.1) is 0 Å². The highest BCUT2D eigenvalue weighted by Gasteiger charge is 2.28. The Labute approximate surface area is 188 Å². The number of carbonyl (C=O) groups is 1. The van der Waals surface area contributed by atoms with E-state index in [9.17, 15) is 18.5 Å². The van der Waals surface area contributed by atoms with Crippen LogP contribution in [-0.2, 0) is 34.4 Å². The van der Waals surface area contributed by atoms with Gasteiger partial charge in [-0.2, -0.15) is 9.57 Å². The standard InChI is InChI=1S/C23H26N2O6S/c1-16(2)31-21-7-6-17(12-19(21)13-24)15-30-22-5-3-4-18-14-25(10-8-20(18)22)32(28,29)11-9-23(26)27/h3-7,12,16H,8-11,14-15H2,1-2H3,(H,26,27). The van der Waals surface area contributed by atoms with E-state index in [-0.39, 0.29) is 25.8 Å². The van der Waals surface area contributed by atoms with Crippen molar-refractivity contribution >= 4 is 16.0 Å². The largest absolute Gasteiger partial charge is 0.490 e. The van der Waals surface area contributed by atoms with Gasteiger partial charge in [0.1, 0.15) is 24.2 Å². The fourth-order valence-electron chi connectivity index (χ4n) is 3.54. The van der Waals surface area contributed by atoms with Crippen LogP contribution in [0.3, 0.4) is 0 Å². The number of benzene rings is 2. The van der Waals surface area contributed by atoms with Crippen molar-refractivity contribution in [3.05, 3.63) is 58.7 Å². The summed E-state index contributed by atoms with van der Waals surface area (Å²) in [6, 6.07) is 13.0. The van der Waals surface area contributed by atoms with Crippen LogP contribution >= 0.6 is 0 Å². The molecule has 1 aliphatic rings. The lowest BCUT2D eigenvalue weighted by molar-refractivity contribution is -0.136. The SMILES string of the molecule is CC(C)Oc1ccc(COc2cccc3c2CCN(S(=O)(=O)CCC(=O)O)C3)cc1C#N. The average Bonchev–Trinajstić information content (AvgIpc) is 2.76. The first-order valence-corrected chi connectivity index (χ1v) is 11.9. The second-order valence-corrected chi connectivity index (χ2v) is 9.92. The number of carboxylic acids is 1. The second-order valence-electron chi connectivity index (χ2n) is 7.83. The lowest BCUT2D eigenvalue weighted by Gasteiger charge is -2.29. The molecular formula is C23H26N2O6S. The van der Waals surface area contributed by atoms with E-state index in [1.165, 1.54) is 4.31 Å².